The maximum absolute atomic E-state index is 11.7. The lowest BCUT2D eigenvalue weighted by atomic mass is 10.1. The van der Waals surface area contributed by atoms with Gasteiger partial charge in [-0.15, -0.1) is 0 Å². The van der Waals surface area contributed by atoms with Crippen LogP contribution in [-0.2, 0) is 4.79 Å². The van der Waals surface area contributed by atoms with E-state index in [0.29, 0.717) is 11.8 Å². The zero-order valence-corrected chi connectivity index (χ0v) is 10.2. The number of hydrogen-bond acceptors (Lipinski definition) is 3. The van der Waals surface area contributed by atoms with Crippen LogP contribution in [0, 0.1) is 0 Å². The summed E-state index contributed by atoms with van der Waals surface area (Å²) in [5, 5.41) is 12.3. The van der Waals surface area contributed by atoms with Gasteiger partial charge in [0.05, 0.1) is 12.6 Å². The topological polar surface area (TPSA) is 69.6 Å². The molecule has 1 aliphatic rings. The van der Waals surface area contributed by atoms with Crippen molar-refractivity contribution in [2.45, 2.75) is 31.9 Å². The molecule has 2 N–H and O–H groups in total. The maximum Gasteiger partial charge on any atom is 0.324 e. The van der Waals surface area contributed by atoms with E-state index in [1.807, 2.05) is 6.92 Å². The van der Waals surface area contributed by atoms with Crippen molar-refractivity contribution in [2.75, 3.05) is 11.9 Å². The lowest BCUT2D eigenvalue weighted by Gasteiger charge is -2.15. The quantitative estimate of drug-likeness (QED) is 0.567. The highest BCUT2D eigenvalue weighted by Gasteiger charge is 2.37. The number of aliphatic hydroxyl groups excluding tert-OH is 1. The molecule has 6 heteroatoms. The van der Waals surface area contributed by atoms with Crippen LogP contribution in [0.5, 0.6) is 0 Å². The molecule has 0 radical (unpaired) electrons. The zero-order chi connectivity index (χ0) is 11.4. The normalized spacial score (nSPS) is 23.1. The average molecular weight is 279 g/mol. The molecule has 1 aliphatic heterocycles. The van der Waals surface area contributed by atoms with Crippen LogP contribution in [0.2, 0.25) is 0 Å². The van der Waals surface area contributed by atoms with E-state index in [1.54, 1.807) is 0 Å². The molecule has 1 heterocycles. The second kappa shape index (κ2) is 5.46. The van der Waals surface area contributed by atoms with Crippen LogP contribution in [0.4, 0.5) is 4.79 Å². The molecule has 1 saturated heterocycles. The second-order valence-electron chi connectivity index (χ2n) is 3.55. The van der Waals surface area contributed by atoms with Crippen LogP contribution in [0.1, 0.15) is 19.8 Å². The van der Waals surface area contributed by atoms with Gasteiger partial charge in [0.1, 0.15) is 6.04 Å². The fraction of sp³-hybridized carbons (Fsp3) is 0.778. The molecular formula is C9H15BrN2O3. The first-order valence-corrected chi connectivity index (χ1v) is 6.08. The minimum absolute atomic E-state index is 0.0517. The molecule has 1 fully saturated rings. The third-order valence-electron chi connectivity index (χ3n) is 2.26. The number of β-amino-alcohol motifs (C(OH)–C–C–N with tert-alkyl or cyclic N) is 1. The Morgan fingerprint density at radius 2 is 2.27 bits per heavy atom. The highest BCUT2D eigenvalue weighted by molar-refractivity contribution is 9.09. The highest BCUT2D eigenvalue weighted by Crippen LogP contribution is 2.11. The van der Waals surface area contributed by atoms with Gasteiger partial charge < -0.3 is 10.4 Å². The first-order chi connectivity index (χ1) is 7.10. The number of amides is 3. The molecule has 0 saturated carbocycles. The van der Waals surface area contributed by atoms with Gasteiger partial charge >= 0.3 is 6.03 Å². The molecule has 0 bridgehead atoms. The summed E-state index contributed by atoms with van der Waals surface area (Å²) in [7, 11) is 0. The second-order valence-corrected chi connectivity index (χ2v) is 4.20. The number of imide groups is 1. The van der Waals surface area contributed by atoms with Crippen LogP contribution in [0.25, 0.3) is 0 Å². The number of aliphatic hydroxyl groups is 1. The van der Waals surface area contributed by atoms with Gasteiger partial charge in [-0.25, -0.2) is 4.79 Å². The predicted molar refractivity (Wildman–Crippen MR) is 58.7 cm³/mol. The van der Waals surface area contributed by atoms with Crippen LogP contribution < -0.4 is 5.32 Å². The van der Waals surface area contributed by atoms with Crippen molar-refractivity contribution in [2.24, 2.45) is 0 Å². The molecule has 5 nitrogen and oxygen atoms in total. The van der Waals surface area contributed by atoms with Gasteiger partial charge in [0.15, 0.2) is 0 Å². The Hall–Kier alpha value is -0.620. The summed E-state index contributed by atoms with van der Waals surface area (Å²) in [4.78, 5) is 24.1. The lowest BCUT2D eigenvalue weighted by Crippen LogP contribution is -2.38. The maximum atomic E-state index is 11.7. The van der Waals surface area contributed by atoms with E-state index in [0.717, 1.165) is 11.3 Å². The van der Waals surface area contributed by atoms with Gasteiger partial charge in [0.2, 0.25) is 0 Å². The molecule has 1 rings (SSSR count). The zero-order valence-electron chi connectivity index (χ0n) is 8.57. The number of carbonyl (C=O) groups excluding carboxylic acids is 2. The number of nitrogens with one attached hydrogen (secondary N) is 1. The van der Waals surface area contributed by atoms with Crippen LogP contribution in [0.3, 0.4) is 0 Å². The Labute approximate surface area is 96.9 Å². The largest absolute Gasteiger partial charge is 0.390 e. The van der Waals surface area contributed by atoms with E-state index in [2.05, 4.69) is 21.2 Å². The summed E-state index contributed by atoms with van der Waals surface area (Å²) >= 11 is 3.09. The Kier molecular flexibility index (Phi) is 4.53. The van der Waals surface area contributed by atoms with Crippen molar-refractivity contribution in [3.8, 4) is 0 Å². The van der Waals surface area contributed by atoms with Crippen molar-refractivity contribution in [1.29, 1.82) is 0 Å². The van der Waals surface area contributed by atoms with Crippen LogP contribution >= 0.6 is 15.9 Å². The molecule has 0 aromatic carbocycles. The molecule has 15 heavy (non-hydrogen) atoms. The van der Waals surface area contributed by atoms with E-state index in [1.165, 1.54) is 0 Å². The molecule has 3 amide bonds. The van der Waals surface area contributed by atoms with Crippen LogP contribution in [-0.4, -0.2) is 46.0 Å². The van der Waals surface area contributed by atoms with Gasteiger partial charge in [-0.05, 0) is 6.42 Å². The molecule has 2 unspecified atom stereocenters. The van der Waals surface area contributed by atoms with Gasteiger partial charge in [0.25, 0.3) is 5.91 Å². The summed E-state index contributed by atoms with van der Waals surface area (Å²) in [6.45, 7) is 2.01. The predicted octanol–water partition coefficient (Wildman–Crippen LogP) is 0.463. The lowest BCUT2D eigenvalue weighted by molar-refractivity contribution is -0.128. The minimum Gasteiger partial charge on any atom is -0.390 e. The Bertz CT molecular complexity index is 260. The number of rotatable bonds is 5. The fourth-order valence-electron chi connectivity index (χ4n) is 1.49. The van der Waals surface area contributed by atoms with Crippen molar-refractivity contribution in [3.05, 3.63) is 0 Å². The van der Waals surface area contributed by atoms with Crippen molar-refractivity contribution < 1.29 is 14.7 Å². The first-order valence-electron chi connectivity index (χ1n) is 4.96. The number of alkyl halides is 1. The Morgan fingerprint density at radius 1 is 1.60 bits per heavy atom. The fourth-order valence-corrected chi connectivity index (χ4v) is 1.70. The van der Waals surface area contributed by atoms with Crippen LogP contribution in [0.15, 0.2) is 0 Å². The summed E-state index contributed by atoms with van der Waals surface area (Å²) in [6, 6.07) is -0.816. The number of carbonyl (C=O) groups is 2. The van der Waals surface area contributed by atoms with Crippen molar-refractivity contribution in [3.63, 3.8) is 0 Å². The molecule has 86 valence electrons. The summed E-state index contributed by atoms with van der Waals surface area (Å²) < 4.78 is 0. The molecule has 2 atom stereocenters. The molecular weight excluding hydrogens is 264 g/mol. The highest BCUT2D eigenvalue weighted by atomic mass is 79.9. The Morgan fingerprint density at radius 3 is 2.80 bits per heavy atom. The number of urea groups is 1. The van der Waals surface area contributed by atoms with Gasteiger partial charge in [-0.3, -0.25) is 9.69 Å². The van der Waals surface area contributed by atoms with E-state index in [4.69, 9.17) is 0 Å². The van der Waals surface area contributed by atoms with Gasteiger partial charge in [-0.2, -0.15) is 0 Å². The Balaban J connectivity index is 2.58. The van der Waals surface area contributed by atoms with Crippen molar-refractivity contribution >= 4 is 27.9 Å². The average Bonchev–Trinajstić information content (AvgIpc) is 2.46. The first kappa shape index (κ1) is 12.4. The SMILES string of the molecule is CCCC1NC(=O)N(CC(O)CBr)C1=O. The van der Waals surface area contributed by atoms with Gasteiger partial charge in [0, 0.05) is 5.33 Å². The summed E-state index contributed by atoms with van der Waals surface area (Å²) in [5.41, 5.74) is 0. The molecule has 0 aromatic rings. The molecule has 0 spiro atoms. The molecule has 0 aromatic heterocycles. The monoisotopic (exact) mass is 278 g/mol. The summed E-state index contributed by atoms with van der Waals surface area (Å²) in [6.07, 6.45) is 0.775. The number of nitrogens with zero attached hydrogens (tertiary/aromatic N) is 1. The minimum atomic E-state index is -0.708. The number of halogens is 1. The van der Waals surface area contributed by atoms with E-state index >= 15 is 0 Å². The van der Waals surface area contributed by atoms with Crippen molar-refractivity contribution in [1.82, 2.24) is 10.2 Å². The number of hydrogen-bond donors (Lipinski definition) is 2. The van der Waals surface area contributed by atoms with E-state index < -0.39 is 18.2 Å². The van der Waals surface area contributed by atoms with Gasteiger partial charge in [-0.1, -0.05) is 29.3 Å². The third-order valence-corrected chi connectivity index (χ3v) is 3.00. The van der Waals surface area contributed by atoms with E-state index in [9.17, 15) is 14.7 Å². The standard InChI is InChI=1S/C9H15BrN2O3/c1-2-3-7-8(14)12(9(15)11-7)5-6(13)4-10/h6-7,13H,2-5H2,1H3,(H,11,15). The van der Waals surface area contributed by atoms with E-state index in [-0.39, 0.29) is 12.5 Å². The summed E-state index contributed by atoms with van der Waals surface area (Å²) in [5.74, 6) is -0.234. The molecule has 0 aliphatic carbocycles. The third kappa shape index (κ3) is 2.92. The smallest absolute Gasteiger partial charge is 0.324 e.